The van der Waals surface area contributed by atoms with Crippen molar-refractivity contribution >= 4 is 10.9 Å². The molecule has 1 aliphatic rings. The van der Waals surface area contributed by atoms with E-state index in [1.165, 1.54) is 16.7 Å². The summed E-state index contributed by atoms with van der Waals surface area (Å²) in [5.41, 5.74) is 7.29. The van der Waals surface area contributed by atoms with Crippen molar-refractivity contribution in [3.05, 3.63) is 70.4 Å². The lowest BCUT2D eigenvalue weighted by molar-refractivity contribution is 0.106. The third-order valence-corrected chi connectivity index (χ3v) is 5.17. The van der Waals surface area contributed by atoms with Crippen molar-refractivity contribution in [3.8, 4) is 0 Å². The molecule has 2 heterocycles. The van der Waals surface area contributed by atoms with Gasteiger partial charge in [-0.25, -0.2) is 0 Å². The van der Waals surface area contributed by atoms with Crippen molar-refractivity contribution in [2.75, 3.05) is 13.1 Å². The minimum Gasteiger partial charge on any atom is -0.387 e. The average Bonchev–Trinajstić information content (AvgIpc) is 2.90. The van der Waals surface area contributed by atoms with Crippen LogP contribution in [0.25, 0.3) is 10.9 Å². The molecule has 3 nitrogen and oxygen atoms in total. The van der Waals surface area contributed by atoms with E-state index in [0.717, 1.165) is 41.7 Å². The molecule has 1 atom stereocenters. The zero-order valence-electron chi connectivity index (χ0n) is 14.3. The van der Waals surface area contributed by atoms with Gasteiger partial charge in [0.15, 0.2) is 0 Å². The highest BCUT2D eigenvalue weighted by atomic mass is 16.3. The van der Waals surface area contributed by atoms with Gasteiger partial charge in [-0.15, -0.1) is 0 Å². The van der Waals surface area contributed by atoms with Crippen molar-refractivity contribution < 1.29 is 5.11 Å². The van der Waals surface area contributed by atoms with Crippen molar-refractivity contribution in [1.82, 2.24) is 9.88 Å². The van der Waals surface area contributed by atoms with E-state index in [4.69, 9.17) is 0 Å². The lowest BCUT2D eigenvalue weighted by atomic mass is 9.98. The monoisotopic (exact) mass is 320 g/mol. The molecule has 24 heavy (non-hydrogen) atoms. The number of rotatable bonds is 3. The molecule has 0 spiro atoms. The van der Waals surface area contributed by atoms with Gasteiger partial charge in [0.2, 0.25) is 0 Å². The minimum atomic E-state index is -0.467. The summed E-state index contributed by atoms with van der Waals surface area (Å²) in [6.07, 6.45) is 0.598. The van der Waals surface area contributed by atoms with Crippen LogP contribution in [0.5, 0.6) is 0 Å². The highest BCUT2D eigenvalue weighted by Crippen LogP contribution is 2.30. The number of benzene rings is 2. The molecule has 0 aliphatic carbocycles. The van der Waals surface area contributed by atoms with Gasteiger partial charge >= 0.3 is 0 Å². The smallest absolute Gasteiger partial charge is 0.0940 e. The Labute approximate surface area is 142 Å². The van der Waals surface area contributed by atoms with Crippen molar-refractivity contribution in [1.29, 1.82) is 0 Å². The maximum atomic E-state index is 10.9. The molecule has 1 aliphatic heterocycles. The van der Waals surface area contributed by atoms with Gasteiger partial charge in [0, 0.05) is 41.8 Å². The molecule has 3 heteroatoms. The predicted octanol–water partition coefficient (Wildman–Crippen LogP) is 3.88. The quantitative estimate of drug-likeness (QED) is 0.769. The zero-order chi connectivity index (χ0) is 16.7. The van der Waals surface area contributed by atoms with E-state index in [0.29, 0.717) is 6.54 Å². The summed E-state index contributed by atoms with van der Waals surface area (Å²) in [5, 5.41) is 12.1. The second-order valence-electron chi connectivity index (χ2n) is 6.98. The first-order valence-corrected chi connectivity index (χ1v) is 8.68. The first-order chi connectivity index (χ1) is 11.6. The van der Waals surface area contributed by atoms with Crippen LogP contribution in [-0.4, -0.2) is 28.1 Å². The van der Waals surface area contributed by atoms with E-state index in [-0.39, 0.29) is 0 Å². The summed E-state index contributed by atoms with van der Waals surface area (Å²) in [6, 6.07) is 15.0. The van der Waals surface area contributed by atoms with E-state index >= 15 is 0 Å². The molecule has 0 fully saturated rings. The number of fused-ring (bicyclic) bond motifs is 2. The molecule has 0 unspecified atom stereocenters. The van der Waals surface area contributed by atoms with Crippen molar-refractivity contribution in [2.45, 2.75) is 32.9 Å². The van der Waals surface area contributed by atoms with Crippen LogP contribution in [0.15, 0.2) is 42.5 Å². The topological polar surface area (TPSA) is 39.3 Å². The molecule has 2 aromatic carbocycles. The maximum Gasteiger partial charge on any atom is 0.0940 e. The Hall–Kier alpha value is -2.10. The lowest BCUT2D eigenvalue weighted by Gasteiger charge is -2.30. The van der Waals surface area contributed by atoms with Gasteiger partial charge in [-0.3, -0.25) is 4.90 Å². The number of aromatic amines is 1. The van der Waals surface area contributed by atoms with Crippen molar-refractivity contribution in [3.63, 3.8) is 0 Å². The minimum absolute atomic E-state index is 0.467. The fourth-order valence-electron chi connectivity index (χ4n) is 3.94. The van der Waals surface area contributed by atoms with E-state index in [2.05, 4.69) is 66.2 Å². The lowest BCUT2D eigenvalue weighted by Crippen LogP contribution is -2.34. The Morgan fingerprint density at radius 2 is 1.92 bits per heavy atom. The maximum absolute atomic E-state index is 10.9. The number of nitrogens with one attached hydrogen (secondary N) is 1. The van der Waals surface area contributed by atoms with Crippen LogP contribution in [0, 0.1) is 13.8 Å². The van der Waals surface area contributed by atoms with Crippen LogP contribution in [0.3, 0.4) is 0 Å². The molecule has 0 bridgehead atoms. The van der Waals surface area contributed by atoms with E-state index < -0.39 is 6.10 Å². The summed E-state index contributed by atoms with van der Waals surface area (Å²) in [6.45, 7) is 6.76. The van der Waals surface area contributed by atoms with Crippen LogP contribution in [0.1, 0.15) is 34.1 Å². The largest absolute Gasteiger partial charge is 0.387 e. The number of hydrogen-bond acceptors (Lipinski definition) is 2. The van der Waals surface area contributed by atoms with Crippen LogP contribution in [0.2, 0.25) is 0 Å². The fraction of sp³-hybridized carbons (Fsp3) is 0.333. The predicted molar refractivity (Wildman–Crippen MR) is 98.2 cm³/mol. The second-order valence-corrected chi connectivity index (χ2v) is 6.98. The van der Waals surface area contributed by atoms with Crippen LogP contribution in [0.4, 0.5) is 0 Å². The zero-order valence-corrected chi connectivity index (χ0v) is 14.3. The molecular formula is C21H24N2O. The van der Waals surface area contributed by atoms with Gasteiger partial charge < -0.3 is 10.1 Å². The van der Waals surface area contributed by atoms with Crippen LogP contribution >= 0.6 is 0 Å². The third-order valence-electron chi connectivity index (χ3n) is 5.17. The Bertz CT molecular complexity index is 881. The number of hydrogen-bond donors (Lipinski definition) is 2. The molecule has 1 aromatic heterocycles. The van der Waals surface area contributed by atoms with Gasteiger partial charge in [0.05, 0.1) is 6.10 Å². The van der Waals surface area contributed by atoms with E-state index in [1.807, 2.05) is 0 Å². The number of aryl methyl sites for hydroxylation is 2. The number of H-pyrrole nitrogens is 1. The van der Waals surface area contributed by atoms with Gasteiger partial charge in [-0.2, -0.15) is 0 Å². The fourth-order valence-corrected chi connectivity index (χ4v) is 3.94. The number of nitrogens with zero attached hydrogens (tertiary/aromatic N) is 1. The third kappa shape index (κ3) is 2.74. The summed E-state index contributed by atoms with van der Waals surface area (Å²) in [5.74, 6) is 0. The number of aliphatic hydroxyl groups is 1. The number of aliphatic hydroxyl groups excluding tert-OH is 1. The van der Waals surface area contributed by atoms with E-state index in [1.54, 1.807) is 0 Å². The number of aromatic nitrogens is 1. The van der Waals surface area contributed by atoms with Gasteiger partial charge in [-0.1, -0.05) is 35.9 Å². The van der Waals surface area contributed by atoms with Gasteiger partial charge in [-0.05, 0) is 43.5 Å². The Kier molecular flexibility index (Phi) is 3.91. The molecule has 3 aromatic rings. The molecule has 2 N–H and O–H groups in total. The molecule has 124 valence electrons. The highest BCUT2D eigenvalue weighted by molar-refractivity contribution is 5.85. The molecule has 0 saturated carbocycles. The Balaban J connectivity index is 1.58. The van der Waals surface area contributed by atoms with E-state index in [9.17, 15) is 5.11 Å². The summed E-state index contributed by atoms with van der Waals surface area (Å²) in [7, 11) is 0. The molecule has 0 amide bonds. The highest BCUT2D eigenvalue weighted by Gasteiger charge is 2.22. The average molecular weight is 320 g/mol. The number of β-amino-alcohol motifs (C(OH)–C–C–N with tert-alkyl or cyclic N) is 1. The van der Waals surface area contributed by atoms with Crippen LogP contribution in [-0.2, 0) is 13.0 Å². The summed E-state index contributed by atoms with van der Waals surface area (Å²) in [4.78, 5) is 5.77. The van der Waals surface area contributed by atoms with Gasteiger partial charge in [0.25, 0.3) is 0 Å². The first kappa shape index (κ1) is 15.4. The molecular weight excluding hydrogens is 296 g/mol. The SMILES string of the molecule is Cc1ccc2[nH]c(C)c([C@@H](O)CN3CCc4ccccc4C3)c2c1. The Morgan fingerprint density at radius 3 is 2.75 bits per heavy atom. The molecule has 0 saturated heterocycles. The second kappa shape index (κ2) is 6.08. The van der Waals surface area contributed by atoms with Crippen LogP contribution < -0.4 is 0 Å². The standard InChI is InChI=1S/C21H24N2O/c1-14-7-8-19-18(11-14)21(15(2)22-19)20(24)13-23-10-9-16-5-3-4-6-17(16)12-23/h3-8,11,20,22,24H,9-10,12-13H2,1-2H3/t20-/m0/s1. The van der Waals surface area contributed by atoms with Gasteiger partial charge in [0.1, 0.15) is 0 Å². The summed E-state index contributed by atoms with van der Waals surface area (Å²) >= 11 is 0. The summed E-state index contributed by atoms with van der Waals surface area (Å²) < 4.78 is 0. The molecule has 4 rings (SSSR count). The Morgan fingerprint density at radius 1 is 1.12 bits per heavy atom. The normalized spacial score (nSPS) is 16.3. The van der Waals surface area contributed by atoms with Crippen molar-refractivity contribution in [2.24, 2.45) is 0 Å². The first-order valence-electron chi connectivity index (χ1n) is 8.68. The molecule has 0 radical (unpaired) electrons.